The Hall–Kier alpha value is -3.68. The van der Waals surface area contributed by atoms with Crippen molar-refractivity contribution in [2.75, 3.05) is 18.6 Å². The van der Waals surface area contributed by atoms with Crippen molar-refractivity contribution < 1.29 is 28.2 Å². The van der Waals surface area contributed by atoms with E-state index in [1.165, 1.54) is 51.0 Å². The second-order valence-corrected chi connectivity index (χ2v) is 7.96. The maximum Gasteiger partial charge on any atom is 0.335 e. The third-order valence-electron chi connectivity index (χ3n) is 5.44. The first-order valence-corrected chi connectivity index (χ1v) is 11.4. The first-order valence-electron chi connectivity index (χ1n) is 11.4. The number of carbonyl (C=O) groups excluding carboxylic acids is 3. The average Bonchev–Trinajstić information content (AvgIpc) is 2.82. The van der Waals surface area contributed by atoms with Crippen LogP contribution in [0.4, 0.5) is 14.9 Å². The normalized spacial score (nSPS) is 15.0. The summed E-state index contributed by atoms with van der Waals surface area (Å²) in [5.74, 6) is -1.08. The monoisotopic (exact) mass is 468 g/mol. The topological polar surface area (TPSA) is 84.9 Å². The molecule has 0 unspecified atom stereocenters. The van der Waals surface area contributed by atoms with Crippen LogP contribution >= 0.6 is 0 Å². The Balaban J connectivity index is 1.73. The van der Waals surface area contributed by atoms with Crippen molar-refractivity contribution in [3.8, 4) is 11.5 Å². The molecule has 1 fully saturated rings. The number of amides is 4. The number of unbranched alkanes of at least 4 members (excludes halogenated alkanes) is 5. The quantitative estimate of drug-likeness (QED) is 0.277. The second-order valence-electron chi connectivity index (χ2n) is 7.96. The van der Waals surface area contributed by atoms with Crippen LogP contribution in [0.5, 0.6) is 11.5 Å². The number of barbiturate groups is 1. The zero-order valence-corrected chi connectivity index (χ0v) is 19.4. The highest BCUT2D eigenvalue weighted by molar-refractivity contribution is 6.39. The fourth-order valence-corrected chi connectivity index (χ4v) is 3.61. The van der Waals surface area contributed by atoms with Crippen molar-refractivity contribution in [1.82, 2.24) is 5.32 Å². The predicted octanol–water partition coefficient (Wildman–Crippen LogP) is 5.24. The first-order chi connectivity index (χ1) is 16.4. The molecule has 34 heavy (non-hydrogen) atoms. The molecular weight excluding hydrogens is 439 g/mol. The molecule has 1 N–H and O–H groups in total. The fraction of sp³-hybridized carbons (Fsp3) is 0.346. The summed E-state index contributed by atoms with van der Waals surface area (Å²) in [4.78, 5) is 38.4. The number of anilines is 1. The number of benzene rings is 2. The van der Waals surface area contributed by atoms with Crippen LogP contribution in [0.2, 0.25) is 0 Å². The Morgan fingerprint density at radius 1 is 0.941 bits per heavy atom. The van der Waals surface area contributed by atoms with E-state index in [1.54, 1.807) is 18.2 Å². The molecule has 0 atom stereocenters. The number of halogens is 1. The number of hydrogen-bond acceptors (Lipinski definition) is 5. The molecule has 8 heteroatoms. The van der Waals surface area contributed by atoms with Crippen LogP contribution in [0.25, 0.3) is 6.08 Å². The summed E-state index contributed by atoms with van der Waals surface area (Å²) >= 11 is 0. The number of ether oxygens (including phenoxy) is 2. The van der Waals surface area contributed by atoms with E-state index in [0.717, 1.165) is 29.9 Å². The Morgan fingerprint density at radius 3 is 2.35 bits per heavy atom. The standard InChI is InChI=1S/C26H29FN2O5/c1-3-4-5-6-7-8-15-34-22-14-9-18(17-23(22)33-2)16-21-24(30)28-26(32)29(25(21)31)20-12-10-19(27)11-13-20/h9-14,16-17H,3-8,15H2,1-2H3,(H,28,30,32)/b21-16+. The average molecular weight is 469 g/mol. The van der Waals surface area contributed by atoms with Gasteiger partial charge >= 0.3 is 6.03 Å². The Labute approximate surface area is 198 Å². The summed E-state index contributed by atoms with van der Waals surface area (Å²) in [7, 11) is 1.51. The van der Waals surface area contributed by atoms with E-state index >= 15 is 0 Å². The SMILES string of the molecule is CCCCCCCCOc1ccc(/C=C2\C(=O)NC(=O)N(c3ccc(F)cc3)C2=O)cc1OC. The minimum Gasteiger partial charge on any atom is -0.493 e. The van der Waals surface area contributed by atoms with Gasteiger partial charge in [0.15, 0.2) is 11.5 Å². The number of carbonyl (C=O) groups is 3. The number of urea groups is 1. The van der Waals surface area contributed by atoms with E-state index in [-0.39, 0.29) is 11.3 Å². The molecule has 0 spiro atoms. The van der Waals surface area contributed by atoms with E-state index in [1.807, 2.05) is 0 Å². The van der Waals surface area contributed by atoms with Gasteiger partial charge in [0.2, 0.25) is 0 Å². The molecule has 0 saturated carbocycles. The molecular formula is C26H29FN2O5. The van der Waals surface area contributed by atoms with Crippen molar-refractivity contribution in [2.45, 2.75) is 45.4 Å². The highest BCUT2D eigenvalue weighted by Gasteiger charge is 2.36. The maximum atomic E-state index is 13.2. The highest BCUT2D eigenvalue weighted by Crippen LogP contribution is 2.30. The van der Waals surface area contributed by atoms with Crippen molar-refractivity contribution in [3.05, 3.63) is 59.4 Å². The molecule has 4 amide bonds. The molecule has 0 radical (unpaired) electrons. The summed E-state index contributed by atoms with van der Waals surface area (Å²) in [6.07, 6.45) is 8.31. The van der Waals surface area contributed by atoms with Gasteiger partial charge in [0.05, 0.1) is 19.4 Å². The third kappa shape index (κ3) is 6.21. The van der Waals surface area contributed by atoms with E-state index in [0.29, 0.717) is 23.7 Å². The van der Waals surface area contributed by atoms with Gasteiger partial charge in [-0.1, -0.05) is 45.1 Å². The molecule has 1 aliphatic heterocycles. The number of imide groups is 2. The van der Waals surface area contributed by atoms with Gasteiger partial charge in [-0.15, -0.1) is 0 Å². The smallest absolute Gasteiger partial charge is 0.335 e. The molecule has 7 nitrogen and oxygen atoms in total. The van der Waals surface area contributed by atoms with Crippen LogP contribution in [0.15, 0.2) is 48.0 Å². The van der Waals surface area contributed by atoms with Crippen LogP contribution in [-0.2, 0) is 9.59 Å². The van der Waals surface area contributed by atoms with Gasteiger partial charge < -0.3 is 9.47 Å². The molecule has 180 valence electrons. The predicted molar refractivity (Wildman–Crippen MR) is 127 cm³/mol. The molecule has 1 aliphatic rings. The van der Waals surface area contributed by atoms with Crippen LogP contribution < -0.4 is 19.7 Å². The summed E-state index contributed by atoms with van der Waals surface area (Å²) in [6.45, 7) is 2.76. The van der Waals surface area contributed by atoms with Gasteiger partial charge in [0.1, 0.15) is 11.4 Å². The maximum absolute atomic E-state index is 13.2. The molecule has 0 aromatic heterocycles. The minimum atomic E-state index is -0.894. The minimum absolute atomic E-state index is 0.151. The van der Waals surface area contributed by atoms with Gasteiger partial charge in [0, 0.05) is 0 Å². The molecule has 3 rings (SSSR count). The Kier molecular flexibility index (Phi) is 8.79. The summed E-state index contributed by atoms with van der Waals surface area (Å²) in [5, 5.41) is 2.14. The van der Waals surface area contributed by atoms with Gasteiger partial charge in [-0.05, 0) is 54.5 Å². The van der Waals surface area contributed by atoms with Crippen LogP contribution in [0.1, 0.15) is 51.0 Å². The van der Waals surface area contributed by atoms with E-state index in [9.17, 15) is 18.8 Å². The van der Waals surface area contributed by atoms with Crippen LogP contribution in [-0.4, -0.2) is 31.6 Å². The van der Waals surface area contributed by atoms with Gasteiger partial charge in [-0.25, -0.2) is 14.1 Å². The van der Waals surface area contributed by atoms with Crippen molar-refractivity contribution >= 4 is 29.6 Å². The lowest BCUT2D eigenvalue weighted by Gasteiger charge is -2.26. The van der Waals surface area contributed by atoms with Gasteiger partial charge in [-0.3, -0.25) is 14.9 Å². The van der Waals surface area contributed by atoms with E-state index < -0.39 is 23.7 Å². The molecule has 0 aliphatic carbocycles. The zero-order chi connectivity index (χ0) is 24.5. The number of hydrogen-bond donors (Lipinski definition) is 1. The van der Waals surface area contributed by atoms with Crippen LogP contribution in [0.3, 0.4) is 0 Å². The lowest BCUT2D eigenvalue weighted by Crippen LogP contribution is -2.54. The third-order valence-corrected chi connectivity index (χ3v) is 5.44. The summed E-state index contributed by atoms with van der Waals surface area (Å²) < 4.78 is 24.5. The largest absolute Gasteiger partial charge is 0.493 e. The molecule has 2 aromatic carbocycles. The van der Waals surface area contributed by atoms with Gasteiger partial charge in [-0.2, -0.15) is 0 Å². The zero-order valence-electron chi connectivity index (χ0n) is 19.4. The number of nitrogens with one attached hydrogen (secondary N) is 1. The number of nitrogens with zero attached hydrogens (tertiary/aromatic N) is 1. The molecule has 2 aromatic rings. The van der Waals surface area contributed by atoms with Crippen molar-refractivity contribution in [1.29, 1.82) is 0 Å². The molecule has 1 heterocycles. The summed E-state index contributed by atoms with van der Waals surface area (Å²) in [6, 6.07) is 9.02. The first kappa shape index (κ1) is 25.0. The van der Waals surface area contributed by atoms with Crippen LogP contribution in [0, 0.1) is 5.82 Å². The highest BCUT2D eigenvalue weighted by atomic mass is 19.1. The number of methoxy groups -OCH3 is 1. The number of rotatable bonds is 11. The van der Waals surface area contributed by atoms with Crippen molar-refractivity contribution in [3.63, 3.8) is 0 Å². The lowest BCUT2D eigenvalue weighted by molar-refractivity contribution is -0.122. The molecule has 1 saturated heterocycles. The van der Waals surface area contributed by atoms with E-state index in [4.69, 9.17) is 9.47 Å². The summed E-state index contributed by atoms with van der Waals surface area (Å²) in [5.41, 5.74) is 0.445. The second kappa shape index (κ2) is 12.0. The Morgan fingerprint density at radius 2 is 1.65 bits per heavy atom. The van der Waals surface area contributed by atoms with E-state index in [2.05, 4.69) is 12.2 Å². The fourth-order valence-electron chi connectivity index (χ4n) is 3.61. The lowest BCUT2D eigenvalue weighted by atomic mass is 10.1. The van der Waals surface area contributed by atoms with Gasteiger partial charge in [0.25, 0.3) is 11.8 Å². The Bertz CT molecular complexity index is 1070. The van der Waals surface area contributed by atoms with Crippen molar-refractivity contribution in [2.24, 2.45) is 0 Å². The molecule has 0 bridgehead atoms.